The molecule has 1 aliphatic heterocycles. The van der Waals surface area contributed by atoms with Crippen LogP contribution in [0.25, 0.3) is 0 Å². The van der Waals surface area contributed by atoms with Crippen LogP contribution in [0, 0.1) is 11.7 Å². The summed E-state index contributed by atoms with van der Waals surface area (Å²) in [7, 11) is 0. The summed E-state index contributed by atoms with van der Waals surface area (Å²) in [5.41, 5.74) is 2.49. The van der Waals surface area contributed by atoms with E-state index in [0.717, 1.165) is 16.8 Å². The maximum absolute atomic E-state index is 13.1. The van der Waals surface area contributed by atoms with Gasteiger partial charge >= 0.3 is 0 Å². The van der Waals surface area contributed by atoms with Crippen LogP contribution in [0.4, 0.5) is 4.39 Å². The zero-order chi connectivity index (χ0) is 20.1. The Hall–Kier alpha value is -2.40. The fourth-order valence-electron chi connectivity index (χ4n) is 3.15. The third-order valence-corrected chi connectivity index (χ3v) is 4.96. The molecule has 0 saturated heterocycles. The van der Waals surface area contributed by atoms with E-state index in [4.69, 9.17) is 16.4 Å². The van der Waals surface area contributed by atoms with Crippen molar-refractivity contribution in [2.75, 3.05) is 6.54 Å². The molecular formula is C22H24ClFN2O2. The quantitative estimate of drug-likeness (QED) is 0.650. The maximum atomic E-state index is 13.1. The predicted molar refractivity (Wildman–Crippen MR) is 109 cm³/mol. The molecule has 1 heterocycles. The number of nitrogens with zero attached hydrogens (tertiary/aromatic N) is 2. The number of halogens is 2. The van der Waals surface area contributed by atoms with E-state index in [-0.39, 0.29) is 23.7 Å². The molecule has 0 bridgehead atoms. The van der Waals surface area contributed by atoms with Crippen molar-refractivity contribution in [3.8, 4) is 0 Å². The van der Waals surface area contributed by atoms with Crippen LogP contribution >= 0.6 is 11.6 Å². The van der Waals surface area contributed by atoms with Gasteiger partial charge in [0, 0.05) is 24.4 Å². The van der Waals surface area contributed by atoms with Crippen molar-refractivity contribution in [3.63, 3.8) is 0 Å². The molecule has 4 nitrogen and oxygen atoms in total. The molecule has 148 valence electrons. The molecule has 2 aromatic rings. The van der Waals surface area contributed by atoms with Gasteiger partial charge in [-0.05, 0) is 35.2 Å². The van der Waals surface area contributed by atoms with Gasteiger partial charge in [0.15, 0.2) is 6.10 Å². The number of rotatable bonds is 7. The van der Waals surface area contributed by atoms with Crippen LogP contribution in [0.15, 0.2) is 53.7 Å². The van der Waals surface area contributed by atoms with Gasteiger partial charge in [-0.1, -0.05) is 60.9 Å². The van der Waals surface area contributed by atoms with Crippen molar-refractivity contribution in [1.82, 2.24) is 4.90 Å². The smallest absolute Gasteiger partial charge is 0.223 e. The molecule has 28 heavy (non-hydrogen) atoms. The lowest BCUT2D eigenvalue weighted by atomic mass is 10.0. The van der Waals surface area contributed by atoms with Crippen molar-refractivity contribution in [1.29, 1.82) is 0 Å². The molecule has 0 N–H and O–H groups in total. The van der Waals surface area contributed by atoms with E-state index in [1.807, 2.05) is 38.1 Å². The summed E-state index contributed by atoms with van der Waals surface area (Å²) in [4.78, 5) is 20.2. The fraction of sp³-hybridized carbons (Fsp3) is 0.364. The molecule has 1 atom stereocenters. The molecule has 6 heteroatoms. The second-order valence-electron chi connectivity index (χ2n) is 7.44. The van der Waals surface area contributed by atoms with Crippen LogP contribution in [0.3, 0.4) is 0 Å². The molecule has 0 aromatic heterocycles. The van der Waals surface area contributed by atoms with Crippen molar-refractivity contribution in [3.05, 3.63) is 70.5 Å². The highest BCUT2D eigenvalue weighted by molar-refractivity contribution is 6.31. The van der Waals surface area contributed by atoms with Gasteiger partial charge in [0.25, 0.3) is 0 Å². The molecule has 0 unspecified atom stereocenters. The Labute approximate surface area is 169 Å². The SMILES string of the molecule is CC(C)CC(=O)N(Cc1ccccc1Cl)C[C@H]1CC(c2ccc(F)cc2)=NO1. The first-order chi connectivity index (χ1) is 13.4. The number of hydrogen-bond acceptors (Lipinski definition) is 3. The van der Waals surface area contributed by atoms with Gasteiger partial charge in [0.05, 0.1) is 12.3 Å². The van der Waals surface area contributed by atoms with Crippen LogP contribution in [0.5, 0.6) is 0 Å². The lowest BCUT2D eigenvalue weighted by Gasteiger charge is -2.26. The maximum Gasteiger partial charge on any atom is 0.223 e. The Morgan fingerprint density at radius 2 is 1.96 bits per heavy atom. The minimum absolute atomic E-state index is 0.0637. The van der Waals surface area contributed by atoms with Crippen molar-refractivity contribution in [2.45, 2.75) is 39.3 Å². The summed E-state index contributed by atoms with van der Waals surface area (Å²) >= 11 is 6.29. The Balaban J connectivity index is 1.68. The number of carbonyl (C=O) groups is 1. The molecule has 3 rings (SSSR count). The second-order valence-corrected chi connectivity index (χ2v) is 7.85. The van der Waals surface area contributed by atoms with E-state index in [0.29, 0.717) is 31.0 Å². The summed E-state index contributed by atoms with van der Waals surface area (Å²) in [6.07, 6.45) is 0.793. The Morgan fingerprint density at radius 1 is 1.25 bits per heavy atom. The van der Waals surface area contributed by atoms with Gasteiger partial charge in [-0.25, -0.2) is 4.39 Å². The standard InChI is InChI=1S/C22H24ClFN2O2/c1-15(2)11-22(27)26(13-17-5-3-4-6-20(17)23)14-19-12-21(25-28-19)16-7-9-18(24)10-8-16/h3-10,15,19H,11-14H2,1-2H3/t19-/m1/s1. The van der Waals surface area contributed by atoms with Gasteiger partial charge < -0.3 is 9.74 Å². The van der Waals surface area contributed by atoms with Crippen LogP contribution in [-0.4, -0.2) is 29.2 Å². The molecule has 0 saturated carbocycles. The average molecular weight is 403 g/mol. The first-order valence-electron chi connectivity index (χ1n) is 9.42. The van der Waals surface area contributed by atoms with E-state index in [1.165, 1.54) is 12.1 Å². The number of amides is 1. The van der Waals surface area contributed by atoms with E-state index in [9.17, 15) is 9.18 Å². The highest BCUT2D eigenvalue weighted by Gasteiger charge is 2.27. The lowest BCUT2D eigenvalue weighted by Crippen LogP contribution is -2.37. The molecule has 0 spiro atoms. The van der Waals surface area contributed by atoms with Gasteiger partial charge in [-0.2, -0.15) is 0 Å². The van der Waals surface area contributed by atoms with Crippen molar-refractivity contribution < 1.29 is 14.0 Å². The second kappa shape index (κ2) is 9.20. The highest BCUT2D eigenvalue weighted by atomic mass is 35.5. The monoisotopic (exact) mass is 402 g/mol. The van der Waals surface area contributed by atoms with Crippen LogP contribution < -0.4 is 0 Å². The lowest BCUT2D eigenvalue weighted by molar-refractivity contribution is -0.134. The third-order valence-electron chi connectivity index (χ3n) is 4.59. The minimum atomic E-state index is -0.287. The normalized spacial score (nSPS) is 16.0. The molecule has 1 aliphatic rings. The summed E-state index contributed by atoms with van der Waals surface area (Å²) < 4.78 is 13.1. The fourth-order valence-corrected chi connectivity index (χ4v) is 3.35. The molecular weight excluding hydrogens is 379 g/mol. The molecule has 0 fully saturated rings. The third kappa shape index (κ3) is 5.32. The number of benzene rings is 2. The van der Waals surface area contributed by atoms with Crippen LogP contribution in [0.2, 0.25) is 5.02 Å². The zero-order valence-electron chi connectivity index (χ0n) is 16.1. The molecule has 0 radical (unpaired) electrons. The highest BCUT2D eigenvalue weighted by Crippen LogP contribution is 2.22. The summed E-state index contributed by atoms with van der Waals surface area (Å²) in [5.74, 6) is 0.0375. The molecule has 0 aliphatic carbocycles. The average Bonchev–Trinajstić information content (AvgIpc) is 3.11. The predicted octanol–water partition coefficient (Wildman–Crippen LogP) is 5.05. The summed E-state index contributed by atoms with van der Waals surface area (Å²) in [6.45, 7) is 4.89. The van der Waals surface area contributed by atoms with E-state index in [1.54, 1.807) is 17.0 Å². The van der Waals surface area contributed by atoms with Gasteiger partial charge in [-0.3, -0.25) is 4.79 Å². The Morgan fingerprint density at radius 3 is 2.64 bits per heavy atom. The minimum Gasteiger partial charge on any atom is -0.390 e. The van der Waals surface area contributed by atoms with E-state index in [2.05, 4.69) is 5.16 Å². The largest absolute Gasteiger partial charge is 0.390 e. The molecule has 2 aromatic carbocycles. The molecule has 1 amide bonds. The summed E-state index contributed by atoms with van der Waals surface area (Å²) in [6, 6.07) is 13.7. The zero-order valence-corrected chi connectivity index (χ0v) is 16.8. The number of hydrogen-bond donors (Lipinski definition) is 0. The first-order valence-corrected chi connectivity index (χ1v) is 9.80. The van der Waals surface area contributed by atoms with Gasteiger partial charge in [-0.15, -0.1) is 0 Å². The number of oxime groups is 1. The van der Waals surface area contributed by atoms with Crippen LogP contribution in [0.1, 0.15) is 37.8 Å². The Kier molecular flexibility index (Phi) is 6.68. The topological polar surface area (TPSA) is 41.9 Å². The number of carbonyl (C=O) groups excluding carboxylic acids is 1. The Bertz CT molecular complexity index is 852. The summed E-state index contributed by atoms with van der Waals surface area (Å²) in [5, 5.41) is 4.78. The van der Waals surface area contributed by atoms with Gasteiger partial charge in [0.2, 0.25) is 5.91 Å². The van der Waals surface area contributed by atoms with Crippen molar-refractivity contribution >= 4 is 23.2 Å². The van der Waals surface area contributed by atoms with E-state index >= 15 is 0 Å². The van der Waals surface area contributed by atoms with E-state index < -0.39 is 0 Å². The van der Waals surface area contributed by atoms with Crippen LogP contribution in [-0.2, 0) is 16.2 Å². The van der Waals surface area contributed by atoms with Gasteiger partial charge in [0.1, 0.15) is 5.82 Å². The van der Waals surface area contributed by atoms with Crippen molar-refractivity contribution in [2.24, 2.45) is 11.1 Å². The first kappa shape index (κ1) is 20.3.